The van der Waals surface area contributed by atoms with Crippen molar-refractivity contribution < 1.29 is 13.9 Å². The van der Waals surface area contributed by atoms with Crippen LogP contribution < -0.4 is 4.74 Å². The van der Waals surface area contributed by atoms with Gasteiger partial charge in [-0.2, -0.15) is 0 Å². The molecule has 4 rings (SSSR count). The lowest BCUT2D eigenvalue weighted by Gasteiger charge is -2.25. The number of benzene rings is 2. The number of hydrogen-bond donors (Lipinski definition) is 0. The minimum absolute atomic E-state index is 0.371. The van der Waals surface area contributed by atoms with Gasteiger partial charge in [0.2, 0.25) is 5.89 Å². The Morgan fingerprint density at radius 1 is 1.11 bits per heavy atom. The van der Waals surface area contributed by atoms with Crippen molar-refractivity contribution in [2.45, 2.75) is 20.2 Å². The summed E-state index contributed by atoms with van der Waals surface area (Å²) in [7, 11) is 0. The molecule has 0 spiro atoms. The Kier molecular flexibility index (Phi) is 5.85. The smallest absolute Gasteiger partial charge is 0.288 e. The lowest BCUT2D eigenvalue weighted by Crippen LogP contribution is -2.37. The van der Waals surface area contributed by atoms with Crippen molar-refractivity contribution in [2.75, 3.05) is 26.3 Å². The molecule has 2 heterocycles. The molecule has 0 amide bonds. The van der Waals surface area contributed by atoms with Gasteiger partial charge in [0, 0.05) is 24.2 Å². The molecule has 0 aliphatic carbocycles. The molecule has 6 nitrogen and oxygen atoms in total. The van der Waals surface area contributed by atoms with E-state index >= 15 is 0 Å². The number of aryl methyl sites for hydroxylation is 1. The molecule has 3 aromatic rings. The lowest BCUT2D eigenvalue weighted by molar-refractivity contribution is 0.0206. The molecule has 0 atom stereocenters. The van der Waals surface area contributed by atoms with E-state index in [9.17, 15) is 0 Å². The first-order valence-corrected chi connectivity index (χ1v) is 9.76. The predicted molar refractivity (Wildman–Crippen MR) is 109 cm³/mol. The van der Waals surface area contributed by atoms with Crippen LogP contribution in [-0.2, 0) is 18.0 Å². The normalized spacial score (nSPS) is 14.9. The van der Waals surface area contributed by atoms with Crippen LogP contribution in [0, 0.1) is 11.8 Å². The second-order valence-corrected chi connectivity index (χ2v) is 7.16. The monoisotopic (exact) mass is 397 g/mol. The van der Waals surface area contributed by atoms with Gasteiger partial charge in [-0.15, -0.1) is 5.10 Å². The maximum Gasteiger partial charge on any atom is 0.288 e. The molecule has 1 aromatic heterocycles. The SMILES string of the molecule is Cc1cccc(OCc2ccccc2-c2nn(CN3CCOCC3)c(=S)o2)c1. The van der Waals surface area contributed by atoms with E-state index in [4.69, 9.17) is 26.1 Å². The van der Waals surface area contributed by atoms with Crippen molar-refractivity contribution in [1.82, 2.24) is 14.7 Å². The minimum atomic E-state index is 0.371. The van der Waals surface area contributed by atoms with Crippen LogP contribution in [0.4, 0.5) is 0 Å². The van der Waals surface area contributed by atoms with E-state index in [2.05, 4.69) is 10.00 Å². The van der Waals surface area contributed by atoms with Crippen molar-refractivity contribution in [3.05, 3.63) is 64.5 Å². The lowest BCUT2D eigenvalue weighted by atomic mass is 10.1. The molecule has 1 aliphatic rings. The molecule has 1 fully saturated rings. The third-order valence-electron chi connectivity index (χ3n) is 4.68. The molecule has 0 unspecified atom stereocenters. The van der Waals surface area contributed by atoms with Crippen LogP contribution in [0.2, 0.25) is 0 Å². The van der Waals surface area contributed by atoms with E-state index in [0.29, 0.717) is 24.0 Å². The summed E-state index contributed by atoms with van der Waals surface area (Å²) in [5.74, 6) is 1.36. The quantitative estimate of drug-likeness (QED) is 0.585. The van der Waals surface area contributed by atoms with E-state index in [0.717, 1.165) is 43.2 Å². The number of aromatic nitrogens is 2. The molecular formula is C21H23N3O3S. The van der Waals surface area contributed by atoms with Gasteiger partial charge in [0.15, 0.2) is 0 Å². The average Bonchev–Trinajstić information content (AvgIpc) is 3.08. The molecule has 0 saturated carbocycles. The summed E-state index contributed by atoms with van der Waals surface area (Å²) >= 11 is 5.38. The topological polar surface area (TPSA) is 52.7 Å². The fourth-order valence-corrected chi connectivity index (χ4v) is 3.34. The maximum atomic E-state index is 5.97. The van der Waals surface area contributed by atoms with Crippen LogP contribution in [0.1, 0.15) is 11.1 Å². The fourth-order valence-electron chi connectivity index (χ4n) is 3.16. The van der Waals surface area contributed by atoms with Crippen LogP contribution in [0.25, 0.3) is 11.5 Å². The van der Waals surface area contributed by atoms with Crippen LogP contribution in [0.15, 0.2) is 52.9 Å². The number of morpholine rings is 1. The molecule has 146 valence electrons. The third kappa shape index (κ3) is 4.49. The highest BCUT2D eigenvalue weighted by Gasteiger charge is 2.16. The van der Waals surface area contributed by atoms with Crippen LogP contribution in [-0.4, -0.2) is 41.0 Å². The standard InChI is InChI=1S/C21H23N3O3S/c1-16-5-4-7-18(13-16)26-14-17-6-2-3-8-19(17)20-22-24(21(28)27-20)15-23-9-11-25-12-10-23/h2-8,13H,9-12,14-15H2,1H3. The molecule has 0 radical (unpaired) electrons. The second-order valence-electron chi connectivity index (χ2n) is 6.81. The first kappa shape index (κ1) is 18.9. The van der Waals surface area contributed by atoms with Crippen LogP contribution >= 0.6 is 12.2 Å². The van der Waals surface area contributed by atoms with Gasteiger partial charge in [-0.3, -0.25) is 4.90 Å². The Labute approximate surface area is 169 Å². The summed E-state index contributed by atoms with van der Waals surface area (Å²) in [5, 5.41) is 4.61. The minimum Gasteiger partial charge on any atom is -0.489 e. The van der Waals surface area contributed by atoms with Gasteiger partial charge in [-0.1, -0.05) is 30.3 Å². The Morgan fingerprint density at radius 2 is 1.93 bits per heavy atom. The maximum absolute atomic E-state index is 5.97. The third-order valence-corrected chi connectivity index (χ3v) is 4.97. The molecule has 2 aromatic carbocycles. The van der Waals surface area contributed by atoms with Crippen molar-refractivity contribution in [1.29, 1.82) is 0 Å². The van der Waals surface area contributed by atoms with Crippen LogP contribution in [0.5, 0.6) is 5.75 Å². The zero-order valence-electron chi connectivity index (χ0n) is 15.8. The molecule has 0 bridgehead atoms. The zero-order valence-corrected chi connectivity index (χ0v) is 16.7. The van der Waals surface area contributed by atoms with Crippen molar-refractivity contribution in [2.24, 2.45) is 0 Å². The van der Waals surface area contributed by atoms with Gasteiger partial charge in [0.1, 0.15) is 12.4 Å². The van der Waals surface area contributed by atoms with E-state index in [1.54, 1.807) is 4.68 Å². The largest absolute Gasteiger partial charge is 0.489 e. The van der Waals surface area contributed by atoms with Gasteiger partial charge in [-0.25, -0.2) is 4.68 Å². The Balaban J connectivity index is 1.53. The first-order chi connectivity index (χ1) is 13.7. The van der Waals surface area contributed by atoms with Crippen molar-refractivity contribution in [3.8, 4) is 17.2 Å². The number of nitrogens with zero attached hydrogens (tertiary/aromatic N) is 3. The highest BCUT2D eigenvalue weighted by atomic mass is 32.1. The van der Waals surface area contributed by atoms with E-state index < -0.39 is 0 Å². The van der Waals surface area contributed by atoms with Crippen molar-refractivity contribution >= 4 is 12.2 Å². The second kappa shape index (κ2) is 8.68. The predicted octanol–water partition coefficient (Wildman–Crippen LogP) is 4.05. The fraction of sp³-hybridized carbons (Fsp3) is 0.333. The summed E-state index contributed by atoms with van der Waals surface area (Å²) in [4.78, 5) is 2.62. The molecule has 1 saturated heterocycles. The number of ether oxygens (including phenoxy) is 2. The van der Waals surface area contributed by atoms with E-state index in [-0.39, 0.29) is 0 Å². The van der Waals surface area contributed by atoms with Gasteiger partial charge in [0.25, 0.3) is 4.84 Å². The van der Waals surface area contributed by atoms with Gasteiger partial charge in [0.05, 0.1) is 19.9 Å². The highest BCUT2D eigenvalue weighted by Crippen LogP contribution is 2.24. The van der Waals surface area contributed by atoms with Crippen LogP contribution in [0.3, 0.4) is 0 Å². The molecule has 1 aliphatic heterocycles. The number of hydrogen-bond acceptors (Lipinski definition) is 6. The summed E-state index contributed by atoms with van der Waals surface area (Å²) in [6.07, 6.45) is 0. The summed E-state index contributed by atoms with van der Waals surface area (Å²) < 4.78 is 18.9. The van der Waals surface area contributed by atoms with Gasteiger partial charge >= 0.3 is 0 Å². The zero-order chi connectivity index (χ0) is 19.3. The molecular weight excluding hydrogens is 374 g/mol. The average molecular weight is 398 g/mol. The summed E-state index contributed by atoms with van der Waals surface area (Å²) in [5.41, 5.74) is 3.05. The molecule has 7 heteroatoms. The number of rotatable bonds is 6. The van der Waals surface area contributed by atoms with Gasteiger partial charge < -0.3 is 13.9 Å². The first-order valence-electron chi connectivity index (χ1n) is 9.35. The van der Waals surface area contributed by atoms with E-state index in [1.165, 1.54) is 5.56 Å². The Morgan fingerprint density at radius 3 is 2.75 bits per heavy atom. The Bertz CT molecular complexity index is 992. The summed E-state index contributed by atoms with van der Waals surface area (Å²) in [6.45, 7) is 6.28. The molecule has 0 N–H and O–H groups in total. The van der Waals surface area contributed by atoms with Crippen molar-refractivity contribution in [3.63, 3.8) is 0 Å². The summed E-state index contributed by atoms with van der Waals surface area (Å²) in [6, 6.07) is 16.0. The highest BCUT2D eigenvalue weighted by molar-refractivity contribution is 7.71. The Hall–Kier alpha value is -2.48. The van der Waals surface area contributed by atoms with E-state index in [1.807, 2.05) is 55.5 Å². The van der Waals surface area contributed by atoms with Gasteiger partial charge in [-0.05, 0) is 42.9 Å². The molecule has 28 heavy (non-hydrogen) atoms.